The van der Waals surface area contributed by atoms with E-state index >= 15 is 0 Å². The molecular formula is C14H9BiO3. The van der Waals surface area contributed by atoms with Crippen LogP contribution in [0.3, 0.4) is 0 Å². The first-order chi connectivity index (χ1) is 8.72. The molecule has 88 valence electrons. The Kier molecular flexibility index (Phi) is 4.21. The molecule has 0 N–H and O–H groups in total. The van der Waals surface area contributed by atoms with Crippen molar-refractivity contribution < 1.29 is 12.4 Å². The number of benzene rings is 2. The van der Waals surface area contributed by atoms with Gasteiger partial charge in [0.15, 0.2) is 0 Å². The van der Waals surface area contributed by atoms with Crippen LogP contribution in [0.5, 0.6) is 0 Å². The van der Waals surface area contributed by atoms with Crippen molar-refractivity contribution in [2.24, 2.45) is 0 Å². The van der Waals surface area contributed by atoms with Crippen LogP contribution in [0.25, 0.3) is 0 Å². The monoisotopic (exact) mass is 434 g/mol. The molecule has 0 aliphatic carbocycles. The molecule has 2 aromatic rings. The average molecular weight is 434 g/mol. The van der Waals surface area contributed by atoms with E-state index in [1.807, 2.05) is 18.2 Å². The van der Waals surface area contributed by atoms with Crippen LogP contribution >= 0.6 is 0 Å². The molecule has 0 atom stereocenters. The molecule has 2 radical (unpaired) electrons. The van der Waals surface area contributed by atoms with Crippen molar-refractivity contribution in [3.8, 4) is 0 Å². The van der Waals surface area contributed by atoms with E-state index < -0.39 is 0 Å². The molecule has 0 spiro atoms. The van der Waals surface area contributed by atoms with Crippen LogP contribution in [0.15, 0.2) is 54.6 Å². The Morgan fingerprint density at radius 1 is 0.778 bits per heavy atom. The van der Waals surface area contributed by atoms with Crippen LogP contribution < -0.4 is 0 Å². The third-order valence-electron chi connectivity index (χ3n) is 2.50. The summed E-state index contributed by atoms with van der Waals surface area (Å²) in [5.41, 5.74) is 1.65. The van der Waals surface area contributed by atoms with E-state index in [1.165, 1.54) is 0 Å². The van der Waals surface area contributed by atoms with E-state index in [2.05, 4.69) is 0 Å². The molecule has 4 heteroatoms. The van der Waals surface area contributed by atoms with Gasteiger partial charge in [0, 0.05) is 0 Å². The topological polar surface area (TPSA) is 43.4 Å². The number of carbonyl (C=O) groups is 2. The molecule has 0 saturated carbocycles. The van der Waals surface area contributed by atoms with Crippen molar-refractivity contribution in [3.63, 3.8) is 0 Å². The summed E-state index contributed by atoms with van der Waals surface area (Å²) in [6, 6.07) is 15.5. The fourth-order valence-corrected chi connectivity index (χ4v) is 1.98. The van der Waals surface area contributed by atoms with Crippen LogP contribution in [0.1, 0.15) is 26.3 Å². The van der Waals surface area contributed by atoms with E-state index in [9.17, 15) is 9.59 Å². The average Bonchev–Trinajstić information content (AvgIpc) is 2.47. The van der Waals surface area contributed by atoms with Crippen molar-refractivity contribution >= 4 is 36.9 Å². The second-order valence-corrected chi connectivity index (χ2v) is 4.36. The zero-order valence-corrected chi connectivity index (χ0v) is 12.8. The molecule has 0 aliphatic rings. The van der Waals surface area contributed by atoms with Crippen molar-refractivity contribution in [1.29, 1.82) is 0 Å². The SMILES string of the molecule is O=C([O][Bi])c1ccc(C(=O)c2ccccc2)cc1. The Balaban J connectivity index is 2.25. The number of ketones is 1. The van der Waals surface area contributed by atoms with Crippen LogP contribution in [-0.2, 0) is 2.81 Å². The zero-order valence-electron chi connectivity index (χ0n) is 9.37. The van der Waals surface area contributed by atoms with Crippen molar-refractivity contribution in [2.45, 2.75) is 0 Å². The fraction of sp³-hybridized carbons (Fsp3) is 0. The van der Waals surface area contributed by atoms with Gasteiger partial charge in [-0.25, -0.2) is 0 Å². The number of hydrogen-bond donors (Lipinski definition) is 0. The summed E-state index contributed by atoms with van der Waals surface area (Å²) in [6.45, 7) is 0. The molecule has 2 rings (SSSR count). The van der Waals surface area contributed by atoms with Gasteiger partial charge in [0.25, 0.3) is 0 Å². The first kappa shape index (κ1) is 12.9. The summed E-state index contributed by atoms with van der Waals surface area (Å²) in [5.74, 6) is -0.415. The van der Waals surface area contributed by atoms with Crippen molar-refractivity contribution in [2.75, 3.05) is 0 Å². The molecule has 2 aromatic carbocycles. The molecule has 0 heterocycles. The first-order valence-electron chi connectivity index (χ1n) is 5.28. The summed E-state index contributed by atoms with van der Waals surface area (Å²) in [7, 11) is 0. The van der Waals surface area contributed by atoms with Gasteiger partial charge in [0.1, 0.15) is 0 Å². The van der Waals surface area contributed by atoms with Crippen molar-refractivity contribution in [1.82, 2.24) is 0 Å². The summed E-state index contributed by atoms with van der Waals surface area (Å²) in [6.07, 6.45) is 0. The summed E-state index contributed by atoms with van der Waals surface area (Å²) >= 11 is 0.558. The van der Waals surface area contributed by atoms with E-state index in [-0.39, 0.29) is 11.8 Å². The van der Waals surface area contributed by atoms with Gasteiger partial charge in [-0.1, -0.05) is 0 Å². The summed E-state index contributed by atoms with van der Waals surface area (Å²) in [4.78, 5) is 23.4. The second-order valence-electron chi connectivity index (χ2n) is 3.65. The molecule has 0 bridgehead atoms. The molecule has 0 saturated heterocycles. The van der Waals surface area contributed by atoms with Crippen LogP contribution in [0.2, 0.25) is 0 Å². The molecule has 0 aliphatic heterocycles. The third-order valence-corrected chi connectivity index (χ3v) is 3.15. The van der Waals surface area contributed by atoms with E-state index in [4.69, 9.17) is 2.81 Å². The minimum atomic E-state index is -0.359. The van der Waals surface area contributed by atoms with Crippen molar-refractivity contribution in [3.05, 3.63) is 71.3 Å². The van der Waals surface area contributed by atoms with Gasteiger partial charge in [-0.05, 0) is 0 Å². The van der Waals surface area contributed by atoms with Crippen LogP contribution in [0, 0.1) is 0 Å². The third kappa shape index (κ3) is 2.82. The molecule has 0 aromatic heterocycles. The maximum absolute atomic E-state index is 12.1. The van der Waals surface area contributed by atoms with Gasteiger partial charge in [-0.3, -0.25) is 0 Å². The molecule has 3 nitrogen and oxygen atoms in total. The quantitative estimate of drug-likeness (QED) is 0.550. The number of rotatable bonds is 3. The normalized spacial score (nSPS) is 9.83. The first-order valence-corrected chi connectivity index (χ1v) is 6.70. The van der Waals surface area contributed by atoms with Gasteiger partial charge in [-0.2, -0.15) is 0 Å². The predicted molar refractivity (Wildman–Crippen MR) is 67.5 cm³/mol. The Labute approximate surface area is 120 Å². The second kappa shape index (κ2) is 5.88. The van der Waals surface area contributed by atoms with E-state index in [0.717, 1.165) is 0 Å². The van der Waals surface area contributed by atoms with Gasteiger partial charge >= 0.3 is 121 Å². The summed E-state index contributed by atoms with van der Waals surface area (Å²) < 4.78 is 4.71. The zero-order chi connectivity index (χ0) is 13.0. The molecule has 18 heavy (non-hydrogen) atoms. The maximum atomic E-state index is 12.1. The van der Waals surface area contributed by atoms with Crippen LogP contribution in [0.4, 0.5) is 0 Å². The number of carbonyl (C=O) groups excluding carboxylic acids is 2. The van der Waals surface area contributed by atoms with Crippen LogP contribution in [-0.4, -0.2) is 36.9 Å². The van der Waals surface area contributed by atoms with Gasteiger partial charge in [0.2, 0.25) is 0 Å². The predicted octanol–water partition coefficient (Wildman–Crippen LogP) is 2.16. The standard InChI is InChI=1S/C14H10O3.Bi/c15-13(10-4-2-1-3-5-10)11-6-8-12(9-7-11)14(16)17;/h1-9H,(H,16,17);/q;+1/p-1. The van der Waals surface area contributed by atoms with Gasteiger partial charge < -0.3 is 0 Å². The van der Waals surface area contributed by atoms with E-state index in [1.54, 1.807) is 36.4 Å². The Bertz CT molecular complexity index is 561. The molecule has 0 amide bonds. The van der Waals surface area contributed by atoms with Gasteiger partial charge in [0.05, 0.1) is 0 Å². The Morgan fingerprint density at radius 2 is 1.28 bits per heavy atom. The van der Waals surface area contributed by atoms with Gasteiger partial charge in [-0.15, -0.1) is 0 Å². The summed E-state index contributed by atoms with van der Waals surface area (Å²) in [5, 5.41) is 0. The molecule has 0 unspecified atom stereocenters. The minimum absolute atomic E-state index is 0.0560. The fourth-order valence-electron chi connectivity index (χ4n) is 1.57. The Morgan fingerprint density at radius 3 is 1.83 bits per heavy atom. The van der Waals surface area contributed by atoms with E-state index in [0.29, 0.717) is 41.8 Å². The molecular weight excluding hydrogens is 425 g/mol. The Hall–Kier alpha value is -1.54. The number of hydrogen-bond acceptors (Lipinski definition) is 3. The molecule has 0 fully saturated rings.